The molecule has 0 saturated heterocycles. The topological polar surface area (TPSA) is 119 Å². The molecule has 0 aliphatic rings. The first-order chi connectivity index (χ1) is 7.22. The molecule has 0 unspecified atom stereocenters. The first-order valence-corrected chi connectivity index (χ1v) is 5.93. The van der Waals surface area contributed by atoms with Gasteiger partial charge in [-0.25, -0.2) is 13.2 Å². The van der Waals surface area contributed by atoms with E-state index < -0.39 is 34.1 Å². The zero-order valence-electron chi connectivity index (χ0n) is 8.96. The van der Waals surface area contributed by atoms with Gasteiger partial charge in [0.2, 0.25) is 10.0 Å². The molecule has 2 N–H and O–H groups in total. The lowest BCUT2D eigenvalue weighted by Gasteiger charge is -2.18. The van der Waals surface area contributed by atoms with Gasteiger partial charge in [0, 0.05) is 0 Å². The van der Waals surface area contributed by atoms with Crippen molar-refractivity contribution in [3.63, 3.8) is 0 Å². The van der Waals surface area contributed by atoms with Crippen molar-refractivity contribution in [3.8, 4) is 0 Å². The Kier molecular flexibility index (Phi) is 5.35. The summed E-state index contributed by atoms with van der Waals surface area (Å²) in [6.07, 6.45) is -1.19. The van der Waals surface area contributed by atoms with Crippen molar-refractivity contribution in [3.05, 3.63) is 0 Å². The van der Waals surface area contributed by atoms with Gasteiger partial charge in [-0.15, -0.1) is 0 Å². The van der Waals surface area contributed by atoms with E-state index in [9.17, 15) is 23.1 Å². The minimum absolute atomic E-state index is 0.771. The van der Waals surface area contributed by atoms with Crippen LogP contribution in [0.5, 0.6) is 0 Å². The molecule has 0 rings (SSSR count). The van der Waals surface area contributed by atoms with Crippen molar-refractivity contribution in [2.45, 2.75) is 12.1 Å². The van der Waals surface area contributed by atoms with E-state index in [1.54, 1.807) is 4.72 Å². The van der Waals surface area contributed by atoms with E-state index >= 15 is 0 Å². The Balaban J connectivity index is 4.95. The fraction of sp³-hybridized carbons (Fsp3) is 0.714. The Morgan fingerprint density at radius 2 is 1.62 bits per heavy atom. The maximum atomic E-state index is 11.1. The number of carbonyl (C=O) groups is 2. The molecule has 0 spiro atoms. The number of methoxy groups -OCH3 is 2. The Morgan fingerprint density at radius 1 is 1.19 bits per heavy atom. The Bertz CT molecular complexity index is 363. The number of sulfonamides is 1. The van der Waals surface area contributed by atoms with Crippen LogP contribution in [0.25, 0.3) is 0 Å². The molecule has 0 aliphatic carbocycles. The molecule has 0 fully saturated rings. The summed E-state index contributed by atoms with van der Waals surface area (Å²) in [7, 11) is -1.81. The molecule has 0 bridgehead atoms. The summed E-state index contributed by atoms with van der Waals surface area (Å²) < 4.78 is 32.0. The maximum Gasteiger partial charge on any atom is 0.337 e. The van der Waals surface area contributed by atoms with Crippen LogP contribution in [0.2, 0.25) is 0 Å². The smallest absolute Gasteiger partial charge is 0.337 e. The van der Waals surface area contributed by atoms with E-state index in [1.807, 2.05) is 0 Å². The normalized spacial score (nSPS) is 15.0. The molecule has 0 aromatic carbocycles. The summed E-state index contributed by atoms with van der Waals surface area (Å²) in [5.41, 5.74) is 0. The minimum Gasteiger partial charge on any atom is -0.468 e. The first-order valence-electron chi connectivity index (χ1n) is 4.04. The summed E-state index contributed by atoms with van der Waals surface area (Å²) in [6, 6.07) is -1.73. The second kappa shape index (κ2) is 5.77. The van der Waals surface area contributed by atoms with Crippen molar-refractivity contribution in [2.24, 2.45) is 0 Å². The van der Waals surface area contributed by atoms with Crippen molar-refractivity contribution >= 4 is 22.0 Å². The molecule has 9 heteroatoms. The fourth-order valence-corrected chi connectivity index (χ4v) is 1.54. The van der Waals surface area contributed by atoms with Crippen molar-refractivity contribution < 1.29 is 32.6 Å². The highest BCUT2D eigenvalue weighted by atomic mass is 32.2. The van der Waals surface area contributed by atoms with Crippen LogP contribution in [0.3, 0.4) is 0 Å². The van der Waals surface area contributed by atoms with Gasteiger partial charge >= 0.3 is 11.9 Å². The van der Waals surface area contributed by atoms with Gasteiger partial charge in [0.15, 0.2) is 12.1 Å². The van der Waals surface area contributed by atoms with E-state index in [4.69, 9.17) is 0 Å². The van der Waals surface area contributed by atoms with E-state index in [1.165, 1.54) is 0 Å². The highest BCUT2D eigenvalue weighted by molar-refractivity contribution is 7.88. The predicted octanol–water partition coefficient (Wildman–Crippen LogP) is -2.39. The SMILES string of the molecule is COC(=O)[C@@H](NS(C)(=O)=O)[C@@H](O)C(=O)OC. The van der Waals surface area contributed by atoms with Crippen LogP contribution < -0.4 is 4.72 Å². The molecule has 0 aliphatic heterocycles. The highest BCUT2D eigenvalue weighted by Gasteiger charge is 2.35. The zero-order chi connectivity index (χ0) is 12.9. The van der Waals surface area contributed by atoms with Gasteiger partial charge in [-0.05, 0) is 0 Å². The molecule has 0 aromatic heterocycles. The third-order valence-corrected chi connectivity index (χ3v) is 2.24. The number of aliphatic hydroxyl groups is 1. The number of hydrogen-bond donors (Lipinski definition) is 2. The molecule has 0 amide bonds. The lowest BCUT2D eigenvalue weighted by molar-refractivity contribution is -0.159. The van der Waals surface area contributed by atoms with Crippen LogP contribution >= 0.6 is 0 Å². The van der Waals surface area contributed by atoms with Crippen LogP contribution in [0.15, 0.2) is 0 Å². The number of carbonyl (C=O) groups excluding carboxylic acids is 2. The lowest BCUT2D eigenvalue weighted by atomic mass is 10.2. The molecular weight excluding hydrogens is 242 g/mol. The number of nitrogens with one attached hydrogen (secondary N) is 1. The largest absolute Gasteiger partial charge is 0.468 e. The second-order valence-electron chi connectivity index (χ2n) is 2.86. The maximum absolute atomic E-state index is 11.1. The molecule has 0 heterocycles. The Morgan fingerprint density at radius 3 is 1.94 bits per heavy atom. The van der Waals surface area contributed by atoms with E-state index in [0.717, 1.165) is 20.5 Å². The molecule has 0 radical (unpaired) electrons. The number of rotatable bonds is 5. The average molecular weight is 255 g/mol. The number of aliphatic hydroxyl groups excluding tert-OH is 1. The van der Waals surface area contributed by atoms with E-state index in [-0.39, 0.29) is 0 Å². The standard InChI is InChI=1S/C7H13NO7S/c1-14-6(10)4(8-16(3,12)13)5(9)7(11)15-2/h4-5,8-9H,1-3H3/t4-,5+/m0/s1. The quantitative estimate of drug-likeness (QED) is 0.526. The predicted molar refractivity (Wildman–Crippen MR) is 51.8 cm³/mol. The van der Waals surface area contributed by atoms with Crippen LogP contribution in [0.1, 0.15) is 0 Å². The molecular formula is C7H13NO7S. The molecule has 8 nitrogen and oxygen atoms in total. The fourth-order valence-electron chi connectivity index (χ4n) is 0.856. The number of hydrogen-bond acceptors (Lipinski definition) is 7. The summed E-state index contributed by atoms with van der Waals surface area (Å²) in [5, 5.41) is 9.34. The van der Waals surface area contributed by atoms with Gasteiger partial charge in [0.05, 0.1) is 20.5 Å². The summed E-state index contributed by atoms with van der Waals surface area (Å²) in [4.78, 5) is 22.1. The summed E-state index contributed by atoms with van der Waals surface area (Å²) >= 11 is 0. The Labute approximate surface area is 92.6 Å². The third-order valence-electron chi connectivity index (χ3n) is 1.55. The molecule has 0 aromatic rings. The molecule has 2 atom stereocenters. The lowest BCUT2D eigenvalue weighted by Crippen LogP contribution is -2.52. The van der Waals surface area contributed by atoms with Gasteiger partial charge in [-0.3, -0.25) is 4.79 Å². The van der Waals surface area contributed by atoms with Gasteiger partial charge in [0.1, 0.15) is 0 Å². The molecule has 16 heavy (non-hydrogen) atoms. The third kappa shape index (κ3) is 4.55. The zero-order valence-corrected chi connectivity index (χ0v) is 9.78. The van der Waals surface area contributed by atoms with Crippen molar-refractivity contribution in [1.29, 1.82) is 0 Å². The van der Waals surface area contributed by atoms with Gasteiger partial charge in [-0.1, -0.05) is 0 Å². The Hall–Kier alpha value is -1.19. The van der Waals surface area contributed by atoms with Gasteiger partial charge in [0.25, 0.3) is 0 Å². The van der Waals surface area contributed by atoms with Crippen LogP contribution in [-0.4, -0.2) is 58.1 Å². The van der Waals surface area contributed by atoms with Gasteiger partial charge in [-0.2, -0.15) is 4.72 Å². The monoisotopic (exact) mass is 255 g/mol. The highest BCUT2D eigenvalue weighted by Crippen LogP contribution is 2.00. The van der Waals surface area contributed by atoms with Gasteiger partial charge < -0.3 is 14.6 Å². The first kappa shape index (κ1) is 14.8. The second-order valence-corrected chi connectivity index (χ2v) is 4.64. The number of esters is 2. The van der Waals surface area contributed by atoms with Crippen molar-refractivity contribution in [2.75, 3.05) is 20.5 Å². The van der Waals surface area contributed by atoms with Crippen molar-refractivity contribution in [1.82, 2.24) is 4.72 Å². The van der Waals surface area contributed by atoms with E-state index in [2.05, 4.69) is 9.47 Å². The number of ether oxygens (including phenoxy) is 2. The van der Waals surface area contributed by atoms with Crippen LogP contribution in [0, 0.1) is 0 Å². The molecule has 0 saturated carbocycles. The summed E-state index contributed by atoms with van der Waals surface area (Å²) in [6.45, 7) is 0. The summed E-state index contributed by atoms with van der Waals surface area (Å²) in [5.74, 6) is -2.24. The van der Waals surface area contributed by atoms with Crippen LogP contribution in [-0.2, 0) is 29.1 Å². The average Bonchev–Trinajstić information content (AvgIpc) is 2.21. The minimum atomic E-state index is -3.78. The van der Waals surface area contributed by atoms with E-state index in [0.29, 0.717) is 0 Å². The van der Waals surface area contributed by atoms with Crippen LogP contribution in [0.4, 0.5) is 0 Å². The molecule has 94 valence electrons.